The zero-order chi connectivity index (χ0) is 11.4. The molecule has 1 aromatic carbocycles. The Kier molecular flexibility index (Phi) is 3.57. The van der Waals surface area contributed by atoms with Gasteiger partial charge in [0.25, 0.3) is 0 Å². The standard InChI is InChI=1S/C13H16O3/c1-15-12-6-2-10(3-7-12)8-16-9-13(14)11-4-5-11/h2-3,6-7,11H,4-5,8-9H2,1H3. The molecule has 1 aliphatic rings. The molecule has 1 aromatic rings. The largest absolute Gasteiger partial charge is 0.497 e. The van der Waals surface area contributed by atoms with Crippen LogP contribution < -0.4 is 4.74 Å². The third-order valence-electron chi connectivity index (χ3n) is 2.70. The van der Waals surface area contributed by atoms with Gasteiger partial charge < -0.3 is 9.47 Å². The molecule has 0 unspecified atom stereocenters. The molecule has 3 heteroatoms. The summed E-state index contributed by atoms with van der Waals surface area (Å²) in [5.74, 6) is 1.36. The van der Waals surface area contributed by atoms with Crippen LogP contribution in [0.5, 0.6) is 5.75 Å². The molecule has 0 amide bonds. The fourth-order valence-electron chi connectivity index (χ4n) is 1.51. The van der Waals surface area contributed by atoms with Crippen LogP contribution >= 0.6 is 0 Å². The molecule has 16 heavy (non-hydrogen) atoms. The average molecular weight is 220 g/mol. The van der Waals surface area contributed by atoms with Crippen LogP contribution in [-0.4, -0.2) is 19.5 Å². The van der Waals surface area contributed by atoms with Gasteiger partial charge in [-0.1, -0.05) is 12.1 Å². The van der Waals surface area contributed by atoms with Crippen molar-refractivity contribution in [2.45, 2.75) is 19.4 Å². The van der Waals surface area contributed by atoms with Gasteiger partial charge in [0.05, 0.1) is 13.7 Å². The van der Waals surface area contributed by atoms with Crippen LogP contribution in [0.1, 0.15) is 18.4 Å². The molecule has 0 radical (unpaired) electrons. The van der Waals surface area contributed by atoms with E-state index in [2.05, 4.69) is 0 Å². The summed E-state index contributed by atoms with van der Waals surface area (Å²) in [6.07, 6.45) is 2.09. The van der Waals surface area contributed by atoms with Crippen LogP contribution in [0.15, 0.2) is 24.3 Å². The highest BCUT2D eigenvalue weighted by Crippen LogP contribution is 2.29. The van der Waals surface area contributed by atoms with E-state index in [1.54, 1.807) is 7.11 Å². The molecule has 0 N–H and O–H groups in total. The number of Topliss-reactive ketones (excluding diaryl/α,β-unsaturated/α-hetero) is 1. The van der Waals surface area contributed by atoms with Gasteiger partial charge in [-0.25, -0.2) is 0 Å². The second-order valence-electron chi connectivity index (χ2n) is 4.08. The molecule has 2 rings (SSSR count). The SMILES string of the molecule is COc1ccc(COCC(=O)C2CC2)cc1. The number of hydrogen-bond acceptors (Lipinski definition) is 3. The molecule has 3 nitrogen and oxygen atoms in total. The first-order valence-electron chi connectivity index (χ1n) is 5.53. The van der Waals surface area contributed by atoms with Crippen molar-refractivity contribution in [1.29, 1.82) is 0 Å². The lowest BCUT2D eigenvalue weighted by Crippen LogP contribution is -2.10. The molecule has 0 saturated heterocycles. The van der Waals surface area contributed by atoms with Crippen LogP contribution in [0.3, 0.4) is 0 Å². The Bertz CT molecular complexity index is 352. The summed E-state index contributed by atoms with van der Waals surface area (Å²) in [7, 11) is 1.64. The molecule has 0 aromatic heterocycles. The van der Waals surface area contributed by atoms with E-state index in [1.807, 2.05) is 24.3 Å². The highest BCUT2D eigenvalue weighted by atomic mass is 16.5. The van der Waals surface area contributed by atoms with E-state index in [1.165, 1.54) is 0 Å². The highest BCUT2D eigenvalue weighted by Gasteiger charge is 2.29. The molecule has 1 saturated carbocycles. The first kappa shape index (κ1) is 11.1. The molecule has 1 aliphatic carbocycles. The lowest BCUT2D eigenvalue weighted by molar-refractivity contribution is -0.125. The zero-order valence-electron chi connectivity index (χ0n) is 9.44. The van der Waals surface area contributed by atoms with Crippen molar-refractivity contribution in [3.63, 3.8) is 0 Å². The summed E-state index contributed by atoms with van der Waals surface area (Å²) < 4.78 is 10.4. The normalized spacial score (nSPS) is 14.8. The minimum atomic E-state index is 0.244. The lowest BCUT2D eigenvalue weighted by Gasteiger charge is -2.04. The number of methoxy groups -OCH3 is 1. The first-order valence-corrected chi connectivity index (χ1v) is 5.53. The van der Waals surface area contributed by atoms with E-state index < -0.39 is 0 Å². The van der Waals surface area contributed by atoms with Crippen LogP contribution in [-0.2, 0) is 16.1 Å². The van der Waals surface area contributed by atoms with Crippen molar-refractivity contribution in [1.82, 2.24) is 0 Å². The summed E-state index contributed by atoms with van der Waals surface area (Å²) in [5, 5.41) is 0. The van der Waals surface area contributed by atoms with E-state index in [4.69, 9.17) is 9.47 Å². The van der Waals surface area contributed by atoms with Crippen LogP contribution in [0.4, 0.5) is 0 Å². The Hall–Kier alpha value is -1.35. The molecule has 0 aliphatic heterocycles. The van der Waals surface area contributed by atoms with Crippen molar-refractivity contribution in [3.05, 3.63) is 29.8 Å². The third-order valence-corrected chi connectivity index (χ3v) is 2.70. The Balaban J connectivity index is 1.73. The van der Waals surface area contributed by atoms with Gasteiger partial charge >= 0.3 is 0 Å². The van der Waals surface area contributed by atoms with Crippen molar-refractivity contribution in [3.8, 4) is 5.75 Å². The number of hydrogen-bond donors (Lipinski definition) is 0. The maximum absolute atomic E-state index is 11.4. The van der Waals surface area contributed by atoms with Gasteiger partial charge in [0.2, 0.25) is 0 Å². The zero-order valence-corrected chi connectivity index (χ0v) is 9.44. The van der Waals surface area contributed by atoms with Gasteiger partial charge in [0.15, 0.2) is 5.78 Å². The number of carbonyl (C=O) groups is 1. The molecule has 86 valence electrons. The number of rotatable bonds is 6. The minimum absolute atomic E-state index is 0.244. The van der Waals surface area contributed by atoms with Gasteiger partial charge in [0, 0.05) is 5.92 Å². The maximum Gasteiger partial charge on any atom is 0.161 e. The van der Waals surface area contributed by atoms with E-state index in [0.717, 1.165) is 24.2 Å². The molecular formula is C13H16O3. The Morgan fingerprint density at radius 2 is 2.00 bits per heavy atom. The van der Waals surface area contributed by atoms with Gasteiger partial charge in [-0.3, -0.25) is 4.79 Å². The van der Waals surface area contributed by atoms with Crippen LogP contribution in [0.25, 0.3) is 0 Å². The predicted octanol–water partition coefficient (Wildman–Crippen LogP) is 2.19. The number of ether oxygens (including phenoxy) is 2. The molecule has 0 heterocycles. The maximum atomic E-state index is 11.4. The van der Waals surface area contributed by atoms with Crippen molar-refractivity contribution < 1.29 is 14.3 Å². The van der Waals surface area contributed by atoms with E-state index in [9.17, 15) is 4.79 Å². The number of benzene rings is 1. The summed E-state index contributed by atoms with van der Waals surface area (Å²) in [4.78, 5) is 11.4. The predicted molar refractivity (Wildman–Crippen MR) is 60.4 cm³/mol. The van der Waals surface area contributed by atoms with E-state index >= 15 is 0 Å². The molecular weight excluding hydrogens is 204 g/mol. The fourth-order valence-corrected chi connectivity index (χ4v) is 1.51. The smallest absolute Gasteiger partial charge is 0.161 e. The Morgan fingerprint density at radius 1 is 1.31 bits per heavy atom. The van der Waals surface area contributed by atoms with Crippen LogP contribution in [0, 0.1) is 5.92 Å². The first-order chi connectivity index (χ1) is 7.79. The van der Waals surface area contributed by atoms with Crippen LogP contribution in [0.2, 0.25) is 0 Å². The van der Waals surface area contributed by atoms with Crippen molar-refractivity contribution in [2.24, 2.45) is 5.92 Å². The summed E-state index contributed by atoms with van der Waals surface area (Å²) >= 11 is 0. The van der Waals surface area contributed by atoms with Gasteiger partial charge in [-0.2, -0.15) is 0 Å². The lowest BCUT2D eigenvalue weighted by atomic mass is 10.2. The monoisotopic (exact) mass is 220 g/mol. The fraction of sp³-hybridized carbons (Fsp3) is 0.462. The highest BCUT2D eigenvalue weighted by molar-refractivity contribution is 5.84. The topological polar surface area (TPSA) is 35.5 Å². The molecule has 0 atom stereocenters. The second-order valence-corrected chi connectivity index (χ2v) is 4.08. The Morgan fingerprint density at radius 3 is 2.56 bits per heavy atom. The molecule has 1 fully saturated rings. The number of carbonyl (C=O) groups excluding carboxylic acids is 1. The summed E-state index contributed by atoms with van der Waals surface area (Å²) in [5.41, 5.74) is 1.06. The van der Waals surface area contributed by atoms with Gasteiger partial charge in [-0.15, -0.1) is 0 Å². The quantitative estimate of drug-likeness (QED) is 0.737. The van der Waals surface area contributed by atoms with E-state index in [-0.39, 0.29) is 18.3 Å². The van der Waals surface area contributed by atoms with Gasteiger partial charge in [-0.05, 0) is 30.5 Å². The summed E-state index contributed by atoms with van der Waals surface area (Å²) in [6, 6.07) is 7.67. The Labute approximate surface area is 95.4 Å². The second kappa shape index (κ2) is 5.12. The molecule has 0 bridgehead atoms. The summed E-state index contributed by atoms with van der Waals surface area (Å²) in [6.45, 7) is 0.735. The third kappa shape index (κ3) is 3.07. The van der Waals surface area contributed by atoms with Crippen molar-refractivity contribution >= 4 is 5.78 Å². The van der Waals surface area contributed by atoms with Crippen molar-refractivity contribution in [2.75, 3.05) is 13.7 Å². The minimum Gasteiger partial charge on any atom is -0.497 e. The molecule has 0 spiro atoms. The number of ketones is 1. The van der Waals surface area contributed by atoms with Gasteiger partial charge in [0.1, 0.15) is 12.4 Å². The average Bonchev–Trinajstić information content (AvgIpc) is 3.14. The van der Waals surface area contributed by atoms with E-state index in [0.29, 0.717) is 6.61 Å².